The van der Waals surface area contributed by atoms with Gasteiger partial charge in [-0.2, -0.15) is 5.11 Å². The van der Waals surface area contributed by atoms with Crippen molar-refractivity contribution in [3.05, 3.63) is 104 Å². The Balaban J connectivity index is 1.19. The number of rotatable bonds is 19. The van der Waals surface area contributed by atoms with Gasteiger partial charge < -0.3 is 33.6 Å². The normalized spacial score (nSPS) is 19.4. The molecule has 16 heteroatoms. The standard InChI is InChI=1S/C45H61N8O7P/c1-29(2)53(30(3)4)61(58-23-21-46-10)60-39-26-42(59-33(39)7)51-28-34(43(55)48-44(51)56)14-12-20-47-41(54)15-13-22-52-38-25-40(57-11)37(24-36(38)32(6)27-45(52,8)9)50-49-35-18-16-31(5)17-19-35/h12,14,16-19,24-25,27-30,33,39,42H,13,15,20-23,26H2,1-9,11H3,(H,47,54)(H,48,55,56)/b14-12+,50-49?/t33-,39?,42-,61?/m1/s1/i7D. The lowest BCUT2D eigenvalue weighted by molar-refractivity contribution is -0.120. The number of anilines is 1. The fourth-order valence-electron chi connectivity index (χ4n) is 7.54. The number of aryl methyl sites for hydroxylation is 1. The predicted octanol–water partition coefficient (Wildman–Crippen LogP) is 8.85. The van der Waals surface area contributed by atoms with Crippen molar-refractivity contribution in [1.29, 1.82) is 0 Å². The average molecular weight is 858 g/mol. The largest absolute Gasteiger partial charge is 0.494 e. The number of H-pyrrole nitrogens is 1. The number of carbonyl (C=O) groups is 1. The number of aromatic nitrogens is 2. The minimum absolute atomic E-state index is 0.0870. The lowest BCUT2D eigenvalue weighted by atomic mass is 9.88. The van der Waals surface area contributed by atoms with Gasteiger partial charge >= 0.3 is 5.69 Å². The number of fused-ring (bicyclic) bond motifs is 1. The Labute approximate surface area is 362 Å². The molecule has 0 saturated carbocycles. The van der Waals surface area contributed by atoms with Crippen molar-refractivity contribution in [2.75, 3.05) is 38.3 Å². The van der Waals surface area contributed by atoms with E-state index in [0.717, 1.165) is 28.1 Å². The number of hydrogen-bond donors (Lipinski definition) is 2. The molecule has 0 aliphatic carbocycles. The summed E-state index contributed by atoms with van der Waals surface area (Å²) in [6, 6.07) is 12.0. The summed E-state index contributed by atoms with van der Waals surface area (Å²) in [6.45, 7) is 24.8. The second kappa shape index (κ2) is 21.2. The van der Waals surface area contributed by atoms with Crippen LogP contribution in [0.5, 0.6) is 5.75 Å². The van der Waals surface area contributed by atoms with E-state index < -0.39 is 38.2 Å². The fourth-order valence-corrected chi connectivity index (χ4v) is 9.28. The number of nitrogens with zero attached hydrogens (tertiary/aromatic N) is 6. The summed E-state index contributed by atoms with van der Waals surface area (Å²) < 4.78 is 36.0. The predicted molar refractivity (Wildman–Crippen MR) is 242 cm³/mol. The Kier molecular flexibility index (Phi) is 15.8. The average Bonchev–Trinajstić information content (AvgIpc) is 3.62. The Morgan fingerprint density at radius 1 is 1.18 bits per heavy atom. The molecule has 1 aromatic heterocycles. The van der Waals surface area contributed by atoms with Gasteiger partial charge in [-0.3, -0.25) is 19.1 Å². The Morgan fingerprint density at radius 2 is 1.92 bits per heavy atom. The third kappa shape index (κ3) is 12.1. The molecule has 15 nitrogen and oxygen atoms in total. The van der Waals surface area contributed by atoms with Gasteiger partial charge in [0.2, 0.25) is 12.5 Å². The first-order valence-corrected chi connectivity index (χ1v) is 21.8. The van der Waals surface area contributed by atoms with Gasteiger partial charge in [-0.25, -0.2) is 16.0 Å². The highest BCUT2D eigenvalue weighted by molar-refractivity contribution is 7.44. The lowest BCUT2D eigenvalue weighted by Crippen LogP contribution is -2.45. The van der Waals surface area contributed by atoms with E-state index in [1.54, 1.807) is 19.3 Å². The zero-order valence-corrected chi connectivity index (χ0v) is 37.7. The molecule has 328 valence electrons. The zero-order chi connectivity index (χ0) is 45.1. The summed E-state index contributed by atoms with van der Waals surface area (Å²) in [4.78, 5) is 46.9. The van der Waals surface area contributed by atoms with E-state index in [-0.39, 0.29) is 68.5 Å². The maximum absolute atomic E-state index is 13.0. The molecule has 2 aliphatic rings. The number of allylic oxidation sites excluding steroid dienone is 1. The molecule has 4 atom stereocenters. The van der Waals surface area contributed by atoms with Crippen LogP contribution in [0.2, 0.25) is 0 Å². The zero-order valence-electron chi connectivity index (χ0n) is 37.8. The minimum Gasteiger partial charge on any atom is -0.494 e. The van der Waals surface area contributed by atoms with Gasteiger partial charge in [0.15, 0.2) is 0 Å². The van der Waals surface area contributed by atoms with Gasteiger partial charge in [0.05, 0.1) is 36.1 Å². The van der Waals surface area contributed by atoms with E-state index >= 15 is 0 Å². The van der Waals surface area contributed by atoms with Gasteiger partial charge in [0.25, 0.3) is 14.1 Å². The van der Waals surface area contributed by atoms with E-state index in [9.17, 15) is 14.4 Å². The molecule has 0 radical (unpaired) electrons. The number of aromatic amines is 1. The third-order valence-corrected chi connectivity index (χ3v) is 12.6. The summed E-state index contributed by atoms with van der Waals surface area (Å²) in [6.07, 6.45) is 5.95. The Bertz CT molecular complexity index is 2260. The molecule has 0 spiro atoms. The summed E-state index contributed by atoms with van der Waals surface area (Å²) >= 11 is 0. The molecule has 0 bridgehead atoms. The quantitative estimate of drug-likeness (QED) is 0.0521. The van der Waals surface area contributed by atoms with Crippen molar-refractivity contribution < 1.29 is 24.7 Å². The molecule has 1 saturated heterocycles. The van der Waals surface area contributed by atoms with Crippen LogP contribution in [0, 0.1) is 13.5 Å². The van der Waals surface area contributed by atoms with Gasteiger partial charge in [-0.1, -0.05) is 35.9 Å². The molecule has 3 heterocycles. The highest BCUT2D eigenvalue weighted by Crippen LogP contribution is 2.50. The van der Waals surface area contributed by atoms with Crippen LogP contribution in [-0.4, -0.2) is 83.3 Å². The number of hydrogen-bond acceptors (Lipinski definition) is 11. The van der Waals surface area contributed by atoms with E-state index in [4.69, 9.17) is 26.5 Å². The Morgan fingerprint density at radius 3 is 2.59 bits per heavy atom. The molecule has 1 amide bonds. The number of benzene rings is 2. The third-order valence-electron chi connectivity index (χ3n) is 10.4. The molecular weight excluding hydrogens is 796 g/mol. The fraction of sp³-hybridized carbons (Fsp3) is 0.511. The van der Waals surface area contributed by atoms with Crippen molar-refractivity contribution in [3.8, 4) is 5.75 Å². The second-order valence-corrected chi connectivity index (χ2v) is 17.7. The van der Waals surface area contributed by atoms with Crippen LogP contribution in [0.4, 0.5) is 17.1 Å². The van der Waals surface area contributed by atoms with E-state index in [1.807, 2.05) is 71.0 Å². The molecule has 2 aromatic carbocycles. The van der Waals surface area contributed by atoms with Crippen molar-refractivity contribution in [3.63, 3.8) is 0 Å². The van der Waals surface area contributed by atoms with Gasteiger partial charge in [-0.15, -0.1) is 5.11 Å². The molecule has 5 rings (SSSR count). The maximum atomic E-state index is 13.0. The van der Waals surface area contributed by atoms with Crippen LogP contribution >= 0.6 is 8.53 Å². The summed E-state index contributed by atoms with van der Waals surface area (Å²) in [5.74, 6) is 0.461. The van der Waals surface area contributed by atoms with Crippen LogP contribution in [-0.2, 0) is 18.6 Å². The SMILES string of the molecule is [2H]C[C@H]1O[C@@H](n2cc(/C=C/CNC(=O)CCCN3c4cc(OC)c(N=Nc5ccc(C)cc5)cc4C(C)=CC3(C)C)c(=O)[nH]c2=O)CC1OP(OCC[N+]#[C-])N(C(C)C)C(C)C. The Hall–Kier alpha value is -4.97. The monoisotopic (exact) mass is 857 g/mol. The molecule has 2 unspecified atom stereocenters. The summed E-state index contributed by atoms with van der Waals surface area (Å²) in [5, 5.41) is 11.9. The van der Waals surface area contributed by atoms with Crippen LogP contribution < -0.4 is 26.2 Å². The number of carbonyl (C=O) groups excluding carboxylic acids is 1. The summed E-state index contributed by atoms with van der Waals surface area (Å²) in [7, 11) is 0.0224. The summed E-state index contributed by atoms with van der Waals surface area (Å²) in [5.41, 5.74) is 4.31. The molecule has 2 N–H and O–H groups in total. The molecule has 61 heavy (non-hydrogen) atoms. The molecule has 3 aromatic rings. The van der Waals surface area contributed by atoms with Crippen LogP contribution in [0.3, 0.4) is 0 Å². The van der Waals surface area contributed by atoms with E-state index in [2.05, 4.69) is 61.8 Å². The number of amides is 1. The number of methoxy groups -OCH3 is 1. The van der Waals surface area contributed by atoms with E-state index in [0.29, 0.717) is 24.4 Å². The van der Waals surface area contributed by atoms with Crippen LogP contribution in [0.1, 0.15) is 98.9 Å². The highest BCUT2D eigenvalue weighted by Gasteiger charge is 2.39. The van der Waals surface area contributed by atoms with Crippen molar-refractivity contribution in [1.82, 2.24) is 19.5 Å². The second-order valence-electron chi connectivity index (χ2n) is 16.3. The first-order valence-electron chi connectivity index (χ1n) is 21.4. The maximum Gasteiger partial charge on any atom is 0.330 e. The van der Waals surface area contributed by atoms with Crippen LogP contribution in [0.15, 0.2) is 74.6 Å². The smallest absolute Gasteiger partial charge is 0.330 e. The minimum atomic E-state index is -1.60. The number of ether oxygens (including phenoxy) is 2. The van der Waals surface area contributed by atoms with Crippen molar-refractivity contribution in [2.24, 2.45) is 10.2 Å². The molecular formula is C45H61N8O7P. The first kappa shape index (κ1) is 45.6. The topological polar surface area (TPSA) is 156 Å². The van der Waals surface area contributed by atoms with E-state index in [1.165, 1.54) is 10.8 Å². The van der Waals surface area contributed by atoms with Crippen molar-refractivity contribution >= 4 is 43.1 Å². The van der Waals surface area contributed by atoms with Gasteiger partial charge in [0, 0.05) is 62.9 Å². The first-order chi connectivity index (χ1) is 29.6. The molecule has 1 fully saturated rings. The van der Waals surface area contributed by atoms with Crippen molar-refractivity contribution in [2.45, 2.75) is 118 Å². The molecule has 2 aliphatic heterocycles. The number of azo groups is 1. The lowest BCUT2D eigenvalue weighted by Gasteiger charge is -2.43. The highest BCUT2D eigenvalue weighted by atomic mass is 31.2. The van der Waals surface area contributed by atoms with Crippen LogP contribution in [0.25, 0.3) is 16.5 Å². The number of nitrogens with one attached hydrogen (secondary N) is 2. The van der Waals surface area contributed by atoms with Gasteiger partial charge in [-0.05, 0) is 92.5 Å². The van der Waals surface area contributed by atoms with Gasteiger partial charge in [0.1, 0.15) is 24.3 Å².